The molecule has 0 radical (unpaired) electrons. The number of nitrogens with zero attached hydrogens (tertiary/aromatic N) is 5. The van der Waals surface area contributed by atoms with Crippen LogP contribution in [0.2, 0.25) is 0 Å². The molecule has 142 valence electrons. The van der Waals surface area contributed by atoms with E-state index in [9.17, 15) is 9.18 Å². The van der Waals surface area contributed by atoms with E-state index in [1.165, 1.54) is 18.5 Å². The summed E-state index contributed by atoms with van der Waals surface area (Å²) in [5.74, 6) is 0.461. The van der Waals surface area contributed by atoms with Gasteiger partial charge in [-0.05, 0) is 24.3 Å². The summed E-state index contributed by atoms with van der Waals surface area (Å²) in [4.78, 5) is 27.3. The van der Waals surface area contributed by atoms with Crippen LogP contribution in [0.1, 0.15) is 10.5 Å². The van der Waals surface area contributed by atoms with Crippen LogP contribution in [0.15, 0.2) is 36.7 Å². The van der Waals surface area contributed by atoms with Gasteiger partial charge in [0, 0.05) is 51.0 Å². The fourth-order valence-corrected chi connectivity index (χ4v) is 3.41. The second-order valence-corrected chi connectivity index (χ2v) is 6.62. The number of anilines is 2. The van der Waals surface area contributed by atoms with Gasteiger partial charge in [-0.3, -0.25) is 4.79 Å². The highest BCUT2D eigenvalue weighted by Gasteiger charge is 2.23. The third-order valence-electron chi connectivity index (χ3n) is 4.97. The molecule has 3 heterocycles. The van der Waals surface area contributed by atoms with Crippen LogP contribution in [-0.2, 0) is 4.74 Å². The van der Waals surface area contributed by atoms with Crippen LogP contribution < -0.4 is 9.80 Å². The van der Waals surface area contributed by atoms with Crippen LogP contribution >= 0.6 is 0 Å². The van der Waals surface area contributed by atoms with Crippen molar-refractivity contribution in [2.75, 3.05) is 62.3 Å². The second kappa shape index (κ2) is 7.87. The normalized spacial score (nSPS) is 17.9. The van der Waals surface area contributed by atoms with E-state index >= 15 is 0 Å². The van der Waals surface area contributed by atoms with Crippen molar-refractivity contribution in [3.05, 3.63) is 48.2 Å². The SMILES string of the molecule is O=C(c1cc(N2CCN(c3ccc(F)cc3)CC2)ncn1)N1CCOCC1. The minimum Gasteiger partial charge on any atom is -0.378 e. The fraction of sp³-hybridized carbons (Fsp3) is 0.421. The smallest absolute Gasteiger partial charge is 0.272 e. The molecule has 27 heavy (non-hydrogen) atoms. The zero-order valence-electron chi connectivity index (χ0n) is 15.1. The number of rotatable bonds is 3. The third-order valence-corrected chi connectivity index (χ3v) is 4.97. The summed E-state index contributed by atoms with van der Waals surface area (Å²) in [6.07, 6.45) is 1.45. The number of amides is 1. The van der Waals surface area contributed by atoms with Crippen LogP contribution in [-0.4, -0.2) is 73.3 Å². The Balaban J connectivity index is 1.41. The van der Waals surface area contributed by atoms with Crippen LogP contribution in [0.5, 0.6) is 0 Å². The van der Waals surface area contributed by atoms with Crippen molar-refractivity contribution in [1.82, 2.24) is 14.9 Å². The number of piperazine rings is 1. The molecule has 0 bridgehead atoms. The summed E-state index contributed by atoms with van der Waals surface area (Å²) in [5, 5.41) is 0. The molecule has 1 aromatic carbocycles. The molecule has 4 rings (SSSR count). The summed E-state index contributed by atoms with van der Waals surface area (Å²) >= 11 is 0. The molecule has 0 spiro atoms. The Bertz CT molecular complexity index is 787. The van der Waals surface area contributed by atoms with E-state index < -0.39 is 0 Å². The van der Waals surface area contributed by atoms with Crippen molar-refractivity contribution in [2.24, 2.45) is 0 Å². The summed E-state index contributed by atoms with van der Waals surface area (Å²) in [7, 11) is 0. The third kappa shape index (κ3) is 4.00. The molecular weight excluding hydrogens is 349 g/mol. The highest BCUT2D eigenvalue weighted by atomic mass is 19.1. The van der Waals surface area contributed by atoms with E-state index in [-0.39, 0.29) is 11.7 Å². The van der Waals surface area contributed by atoms with Crippen molar-refractivity contribution in [2.45, 2.75) is 0 Å². The van der Waals surface area contributed by atoms with Crippen molar-refractivity contribution < 1.29 is 13.9 Å². The average Bonchev–Trinajstić information content (AvgIpc) is 2.75. The van der Waals surface area contributed by atoms with Crippen LogP contribution in [0.25, 0.3) is 0 Å². The van der Waals surface area contributed by atoms with Gasteiger partial charge in [0.05, 0.1) is 13.2 Å². The molecule has 2 fully saturated rings. The number of benzene rings is 1. The number of hydrogen-bond acceptors (Lipinski definition) is 6. The van der Waals surface area contributed by atoms with E-state index in [2.05, 4.69) is 19.8 Å². The predicted octanol–water partition coefficient (Wildman–Crippen LogP) is 1.41. The van der Waals surface area contributed by atoms with E-state index in [1.807, 2.05) is 0 Å². The van der Waals surface area contributed by atoms with Gasteiger partial charge in [0.1, 0.15) is 23.7 Å². The molecule has 1 amide bonds. The summed E-state index contributed by atoms with van der Waals surface area (Å²) < 4.78 is 18.4. The standard InChI is InChI=1S/C19H22FN5O2/c20-15-1-3-16(4-2-15)23-5-7-24(8-6-23)18-13-17(21-14-22-18)19(26)25-9-11-27-12-10-25/h1-4,13-14H,5-12H2. The number of carbonyl (C=O) groups excluding carboxylic acids is 1. The lowest BCUT2D eigenvalue weighted by atomic mass is 10.2. The fourth-order valence-electron chi connectivity index (χ4n) is 3.41. The maximum absolute atomic E-state index is 13.1. The summed E-state index contributed by atoms with van der Waals surface area (Å²) in [5.41, 5.74) is 1.43. The summed E-state index contributed by atoms with van der Waals surface area (Å²) in [6.45, 7) is 5.48. The number of aromatic nitrogens is 2. The molecule has 0 unspecified atom stereocenters. The lowest BCUT2D eigenvalue weighted by Gasteiger charge is -2.36. The predicted molar refractivity (Wildman–Crippen MR) is 99.6 cm³/mol. The molecule has 2 aromatic rings. The molecule has 8 heteroatoms. The van der Waals surface area contributed by atoms with E-state index in [1.54, 1.807) is 23.1 Å². The zero-order chi connectivity index (χ0) is 18.6. The average molecular weight is 371 g/mol. The highest BCUT2D eigenvalue weighted by molar-refractivity contribution is 5.93. The lowest BCUT2D eigenvalue weighted by molar-refractivity contribution is 0.0299. The molecule has 0 N–H and O–H groups in total. The van der Waals surface area contributed by atoms with Gasteiger partial charge in [0.25, 0.3) is 5.91 Å². The Labute approximate surface area is 157 Å². The number of morpholine rings is 1. The Morgan fingerprint density at radius 2 is 1.59 bits per heavy atom. The maximum Gasteiger partial charge on any atom is 0.272 e. The first-order valence-corrected chi connectivity index (χ1v) is 9.15. The van der Waals surface area contributed by atoms with Crippen molar-refractivity contribution in [3.63, 3.8) is 0 Å². The number of carbonyl (C=O) groups is 1. The van der Waals surface area contributed by atoms with Gasteiger partial charge in [0.2, 0.25) is 0 Å². The van der Waals surface area contributed by atoms with E-state index in [0.717, 1.165) is 37.7 Å². The zero-order valence-corrected chi connectivity index (χ0v) is 15.1. The Hall–Kier alpha value is -2.74. The van der Waals surface area contributed by atoms with Gasteiger partial charge in [-0.15, -0.1) is 0 Å². The van der Waals surface area contributed by atoms with Crippen molar-refractivity contribution in [3.8, 4) is 0 Å². The second-order valence-electron chi connectivity index (χ2n) is 6.62. The molecular formula is C19H22FN5O2. The molecule has 0 saturated carbocycles. The Kier molecular flexibility index (Phi) is 5.15. The number of hydrogen-bond donors (Lipinski definition) is 0. The molecule has 2 aliphatic heterocycles. The van der Waals surface area contributed by atoms with E-state index in [0.29, 0.717) is 32.0 Å². The first-order chi connectivity index (χ1) is 13.2. The maximum atomic E-state index is 13.1. The lowest BCUT2D eigenvalue weighted by Crippen LogP contribution is -2.47. The quantitative estimate of drug-likeness (QED) is 0.813. The first kappa shape index (κ1) is 17.7. The van der Waals surface area contributed by atoms with Gasteiger partial charge in [-0.1, -0.05) is 0 Å². The van der Waals surface area contributed by atoms with Crippen LogP contribution in [0.3, 0.4) is 0 Å². The highest BCUT2D eigenvalue weighted by Crippen LogP contribution is 2.20. The molecule has 7 nitrogen and oxygen atoms in total. The van der Waals surface area contributed by atoms with Gasteiger partial charge in [-0.25, -0.2) is 14.4 Å². The van der Waals surface area contributed by atoms with Gasteiger partial charge in [-0.2, -0.15) is 0 Å². The molecule has 2 saturated heterocycles. The van der Waals surface area contributed by atoms with E-state index in [4.69, 9.17) is 4.74 Å². The largest absolute Gasteiger partial charge is 0.378 e. The number of halogens is 1. The van der Waals surface area contributed by atoms with Gasteiger partial charge in [0.15, 0.2) is 0 Å². The van der Waals surface area contributed by atoms with Crippen LogP contribution in [0.4, 0.5) is 15.9 Å². The van der Waals surface area contributed by atoms with Gasteiger partial charge >= 0.3 is 0 Å². The number of ether oxygens (including phenoxy) is 1. The molecule has 0 atom stereocenters. The Morgan fingerprint density at radius 1 is 0.926 bits per heavy atom. The Morgan fingerprint density at radius 3 is 2.30 bits per heavy atom. The molecule has 2 aliphatic rings. The minimum atomic E-state index is -0.226. The first-order valence-electron chi connectivity index (χ1n) is 9.15. The van der Waals surface area contributed by atoms with Crippen molar-refractivity contribution >= 4 is 17.4 Å². The van der Waals surface area contributed by atoms with Gasteiger partial charge < -0.3 is 19.4 Å². The van der Waals surface area contributed by atoms with Crippen molar-refractivity contribution in [1.29, 1.82) is 0 Å². The monoisotopic (exact) mass is 371 g/mol. The molecule has 0 aliphatic carbocycles. The minimum absolute atomic E-state index is 0.0769. The topological polar surface area (TPSA) is 61.8 Å². The van der Waals surface area contributed by atoms with Crippen LogP contribution in [0, 0.1) is 5.82 Å². The summed E-state index contributed by atoms with van der Waals surface area (Å²) in [6, 6.07) is 8.33. The molecule has 1 aromatic heterocycles.